The Bertz CT molecular complexity index is 1070. The van der Waals surface area contributed by atoms with Crippen LogP contribution < -0.4 is 15.5 Å². The molecule has 0 atom stereocenters. The molecule has 9 nitrogen and oxygen atoms in total. The first-order chi connectivity index (χ1) is 14.5. The van der Waals surface area contributed by atoms with Crippen molar-refractivity contribution in [2.45, 2.75) is 39.9 Å². The maximum absolute atomic E-state index is 13.3. The van der Waals surface area contributed by atoms with Crippen LogP contribution in [0.4, 0.5) is 11.6 Å². The van der Waals surface area contributed by atoms with E-state index >= 15 is 0 Å². The fraction of sp³-hybridized carbons (Fsp3) is 0.381. The Morgan fingerprint density at radius 1 is 1.23 bits per heavy atom. The number of hydrogen-bond donors (Lipinski definition) is 2. The fourth-order valence-corrected chi connectivity index (χ4v) is 3.64. The van der Waals surface area contributed by atoms with Crippen LogP contribution in [-0.4, -0.2) is 44.2 Å². The van der Waals surface area contributed by atoms with Crippen molar-refractivity contribution in [2.24, 2.45) is 0 Å². The minimum absolute atomic E-state index is 0.0705. The highest BCUT2D eigenvalue weighted by Crippen LogP contribution is 2.31. The Morgan fingerprint density at radius 2 is 2.07 bits per heavy atom. The quantitative estimate of drug-likeness (QED) is 0.622. The molecule has 0 bridgehead atoms. The van der Waals surface area contributed by atoms with E-state index < -0.39 is 0 Å². The van der Waals surface area contributed by atoms with Gasteiger partial charge in [0.15, 0.2) is 5.82 Å². The predicted octanol–water partition coefficient (Wildman–Crippen LogP) is 2.63. The number of anilines is 2. The lowest BCUT2D eigenvalue weighted by atomic mass is 10.1. The summed E-state index contributed by atoms with van der Waals surface area (Å²) in [5, 5.41) is 14.6. The molecule has 0 saturated heterocycles. The molecule has 0 aliphatic carbocycles. The summed E-state index contributed by atoms with van der Waals surface area (Å²) in [6.45, 7) is 7.91. The summed E-state index contributed by atoms with van der Waals surface area (Å²) in [5.41, 5.74) is 3.17. The molecule has 3 aromatic heterocycles. The minimum Gasteiger partial charge on any atom is -0.370 e. The lowest BCUT2D eigenvalue weighted by Gasteiger charge is -2.16. The standard InChI is InChI=1S/C21H26N8O/c1-5-23-18-9-14-15(17(25-18)10-22-4)11-28(21(14)30)19-8-6-7-16(26-19)20-27-24-12-29(20)13(2)3/h6-9,12-13,22H,5,10-11H2,1-4H3,(H,23,25). The highest BCUT2D eigenvalue weighted by Gasteiger charge is 2.32. The maximum Gasteiger partial charge on any atom is 0.260 e. The Morgan fingerprint density at radius 3 is 2.80 bits per heavy atom. The molecule has 0 spiro atoms. The van der Waals surface area contributed by atoms with Crippen molar-refractivity contribution in [3.05, 3.63) is 47.4 Å². The van der Waals surface area contributed by atoms with Crippen molar-refractivity contribution in [1.82, 2.24) is 30.0 Å². The number of carbonyl (C=O) groups excluding carboxylic acids is 1. The zero-order valence-electron chi connectivity index (χ0n) is 17.7. The van der Waals surface area contributed by atoms with Crippen molar-refractivity contribution in [3.63, 3.8) is 0 Å². The summed E-state index contributed by atoms with van der Waals surface area (Å²) >= 11 is 0. The Hall–Kier alpha value is -3.33. The van der Waals surface area contributed by atoms with E-state index in [2.05, 4.69) is 39.7 Å². The number of pyridine rings is 2. The third kappa shape index (κ3) is 3.52. The van der Waals surface area contributed by atoms with Crippen LogP contribution in [0.25, 0.3) is 11.5 Å². The topological polar surface area (TPSA) is 101 Å². The van der Waals surface area contributed by atoms with Crippen LogP contribution in [0.15, 0.2) is 30.6 Å². The van der Waals surface area contributed by atoms with Crippen LogP contribution in [0, 0.1) is 0 Å². The largest absolute Gasteiger partial charge is 0.370 e. The van der Waals surface area contributed by atoms with Crippen molar-refractivity contribution in [1.29, 1.82) is 0 Å². The first-order valence-corrected chi connectivity index (χ1v) is 10.1. The summed E-state index contributed by atoms with van der Waals surface area (Å²) in [6, 6.07) is 7.67. The summed E-state index contributed by atoms with van der Waals surface area (Å²) in [5.74, 6) is 1.91. The molecule has 4 rings (SSSR count). The van der Waals surface area contributed by atoms with E-state index in [1.165, 1.54) is 0 Å². The fourth-order valence-electron chi connectivity index (χ4n) is 3.64. The monoisotopic (exact) mass is 406 g/mol. The van der Waals surface area contributed by atoms with Gasteiger partial charge in [0, 0.05) is 24.7 Å². The van der Waals surface area contributed by atoms with Crippen LogP contribution in [-0.2, 0) is 13.1 Å². The molecule has 9 heteroatoms. The van der Waals surface area contributed by atoms with Gasteiger partial charge < -0.3 is 15.2 Å². The van der Waals surface area contributed by atoms with Crippen LogP contribution in [0.1, 0.15) is 48.4 Å². The molecule has 4 heterocycles. The number of nitrogens with one attached hydrogen (secondary N) is 2. The summed E-state index contributed by atoms with van der Waals surface area (Å²) < 4.78 is 1.96. The number of hydrogen-bond acceptors (Lipinski definition) is 7. The summed E-state index contributed by atoms with van der Waals surface area (Å²) in [7, 11) is 1.87. The highest BCUT2D eigenvalue weighted by atomic mass is 16.2. The Balaban J connectivity index is 1.71. The van der Waals surface area contributed by atoms with E-state index in [0.717, 1.165) is 17.8 Å². The van der Waals surface area contributed by atoms with Gasteiger partial charge >= 0.3 is 0 Å². The van der Waals surface area contributed by atoms with E-state index in [1.54, 1.807) is 11.2 Å². The predicted molar refractivity (Wildman–Crippen MR) is 115 cm³/mol. The van der Waals surface area contributed by atoms with Gasteiger partial charge in [-0.05, 0) is 46.0 Å². The number of rotatable bonds is 7. The molecule has 0 unspecified atom stereocenters. The van der Waals surface area contributed by atoms with Crippen LogP contribution in [0.2, 0.25) is 0 Å². The van der Waals surface area contributed by atoms with Crippen molar-refractivity contribution in [3.8, 4) is 11.5 Å². The normalized spacial score (nSPS) is 13.2. The van der Waals surface area contributed by atoms with Crippen LogP contribution in [0.3, 0.4) is 0 Å². The highest BCUT2D eigenvalue weighted by molar-refractivity contribution is 6.10. The molecule has 1 aliphatic rings. The number of amides is 1. The van der Waals surface area contributed by atoms with E-state index in [9.17, 15) is 4.79 Å². The van der Waals surface area contributed by atoms with Gasteiger partial charge in [-0.15, -0.1) is 10.2 Å². The first-order valence-electron chi connectivity index (χ1n) is 10.1. The average Bonchev–Trinajstić information content (AvgIpc) is 3.35. The van der Waals surface area contributed by atoms with E-state index in [-0.39, 0.29) is 11.9 Å². The zero-order chi connectivity index (χ0) is 21.3. The third-order valence-electron chi connectivity index (χ3n) is 5.07. The van der Waals surface area contributed by atoms with Crippen LogP contribution in [0.5, 0.6) is 0 Å². The average molecular weight is 406 g/mol. The molecule has 3 aromatic rings. The molecule has 1 amide bonds. The van der Waals surface area contributed by atoms with Gasteiger partial charge in [-0.25, -0.2) is 9.97 Å². The molecule has 1 aliphatic heterocycles. The number of nitrogens with zero attached hydrogens (tertiary/aromatic N) is 6. The molecule has 156 valence electrons. The van der Waals surface area contributed by atoms with Crippen molar-refractivity contribution in [2.75, 3.05) is 23.8 Å². The summed E-state index contributed by atoms with van der Waals surface area (Å²) in [6.07, 6.45) is 1.70. The number of carbonyl (C=O) groups is 1. The van der Waals surface area contributed by atoms with Crippen molar-refractivity contribution >= 4 is 17.5 Å². The zero-order valence-corrected chi connectivity index (χ0v) is 17.7. The van der Waals surface area contributed by atoms with Crippen LogP contribution >= 0.6 is 0 Å². The molecular weight excluding hydrogens is 380 g/mol. The molecule has 0 radical (unpaired) electrons. The molecule has 0 aromatic carbocycles. The number of fused-ring (bicyclic) bond motifs is 1. The first kappa shape index (κ1) is 20.0. The van der Waals surface area contributed by atoms with Gasteiger partial charge in [0.2, 0.25) is 0 Å². The molecule has 30 heavy (non-hydrogen) atoms. The lowest BCUT2D eigenvalue weighted by molar-refractivity contribution is 0.0996. The molecule has 2 N–H and O–H groups in total. The van der Waals surface area contributed by atoms with Gasteiger partial charge in [-0.2, -0.15) is 0 Å². The van der Waals surface area contributed by atoms with Gasteiger partial charge in [-0.1, -0.05) is 6.07 Å². The number of aromatic nitrogens is 5. The maximum atomic E-state index is 13.3. The lowest BCUT2D eigenvalue weighted by Crippen LogP contribution is -2.24. The van der Waals surface area contributed by atoms with Crippen molar-refractivity contribution < 1.29 is 4.79 Å². The smallest absolute Gasteiger partial charge is 0.260 e. The molecule has 0 fully saturated rings. The molecule has 0 saturated carbocycles. The SMILES string of the molecule is CCNc1cc2c(c(CNC)n1)CN(c1cccc(-c3nncn3C(C)C)n1)C2=O. The Labute approximate surface area is 175 Å². The second-order valence-corrected chi connectivity index (χ2v) is 7.47. The molecular formula is C21H26N8O. The second kappa shape index (κ2) is 8.19. The van der Waals surface area contributed by atoms with E-state index in [1.807, 2.05) is 42.8 Å². The minimum atomic E-state index is -0.0705. The summed E-state index contributed by atoms with van der Waals surface area (Å²) in [4.78, 5) is 24.4. The van der Waals surface area contributed by atoms with E-state index in [0.29, 0.717) is 41.8 Å². The van der Waals surface area contributed by atoms with E-state index in [4.69, 9.17) is 4.98 Å². The Kier molecular flexibility index (Phi) is 5.45. The van der Waals surface area contributed by atoms with Gasteiger partial charge in [0.05, 0.1) is 17.8 Å². The van der Waals surface area contributed by atoms with Gasteiger partial charge in [0.1, 0.15) is 23.7 Å². The van der Waals surface area contributed by atoms with Gasteiger partial charge in [0.25, 0.3) is 5.91 Å². The second-order valence-electron chi connectivity index (χ2n) is 7.47. The van der Waals surface area contributed by atoms with Gasteiger partial charge in [-0.3, -0.25) is 9.69 Å². The third-order valence-corrected chi connectivity index (χ3v) is 5.07.